The van der Waals surface area contributed by atoms with E-state index in [1.165, 1.54) is 30.4 Å². The smallest absolute Gasteiger partial charge is 0.0534 e. The Bertz CT molecular complexity index is 475. The van der Waals surface area contributed by atoms with E-state index in [1.807, 2.05) is 23.7 Å². The highest BCUT2D eigenvalue weighted by Gasteiger charge is 2.22. The molecule has 0 saturated heterocycles. The van der Waals surface area contributed by atoms with E-state index in [9.17, 15) is 0 Å². The maximum atomic E-state index is 4.01. The van der Waals surface area contributed by atoms with Gasteiger partial charge in [0.1, 0.15) is 0 Å². The fraction of sp³-hybridized carbons (Fsp3) is 0.462. The molecule has 17 heavy (non-hydrogen) atoms. The van der Waals surface area contributed by atoms with Gasteiger partial charge in [0.05, 0.1) is 6.20 Å². The number of hydrogen-bond donors (Lipinski definition) is 2. The van der Waals surface area contributed by atoms with Gasteiger partial charge in [-0.05, 0) is 43.2 Å². The minimum absolute atomic E-state index is 0.351. The van der Waals surface area contributed by atoms with E-state index in [0.717, 1.165) is 0 Å². The maximum absolute atomic E-state index is 4.01. The van der Waals surface area contributed by atoms with Crippen molar-refractivity contribution in [1.29, 1.82) is 0 Å². The van der Waals surface area contributed by atoms with Gasteiger partial charge in [-0.15, -0.1) is 11.3 Å². The highest BCUT2D eigenvalue weighted by atomic mass is 32.1. The number of H-pyrrole nitrogens is 1. The fourth-order valence-corrected chi connectivity index (χ4v) is 3.54. The largest absolute Gasteiger partial charge is 0.303 e. The molecule has 2 atom stereocenters. The SMILES string of the molecule is CC(NC1CCCc2sccc21)c1cn[nH]c1. The van der Waals surface area contributed by atoms with Crippen LogP contribution in [0.3, 0.4) is 0 Å². The zero-order chi connectivity index (χ0) is 11.7. The Hall–Kier alpha value is -1.13. The molecule has 0 aliphatic heterocycles. The maximum Gasteiger partial charge on any atom is 0.0534 e. The lowest BCUT2D eigenvalue weighted by molar-refractivity contribution is 0.418. The lowest BCUT2D eigenvalue weighted by atomic mass is 9.93. The van der Waals surface area contributed by atoms with Crippen LogP contribution in [0.5, 0.6) is 0 Å². The predicted molar refractivity (Wildman–Crippen MR) is 70.1 cm³/mol. The number of aromatic nitrogens is 2. The third-order valence-corrected chi connectivity index (χ3v) is 4.52. The third kappa shape index (κ3) is 2.15. The predicted octanol–water partition coefficient (Wildman–Crippen LogP) is 3.20. The van der Waals surface area contributed by atoms with Crippen LogP contribution in [0.25, 0.3) is 0 Å². The summed E-state index contributed by atoms with van der Waals surface area (Å²) in [6.07, 6.45) is 7.66. The van der Waals surface area contributed by atoms with Crippen LogP contribution >= 0.6 is 11.3 Å². The molecule has 4 heteroatoms. The van der Waals surface area contributed by atoms with Gasteiger partial charge in [-0.3, -0.25) is 5.10 Å². The highest BCUT2D eigenvalue weighted by molar-refractivity contribution is 7.10. The van der Waals surface area contributed by atoms with E-state index in [0.29, 0.717) is 12.1 Å². The zero-order valence-corrected chi connectivity index (χ0v) is 10.8. The first-order chi connectivity index (χ1) is 8.34. The normalized spacial score (nSPS) is 21.1. The van der Waals surface area contributed by atoms with Crippen LogP contribution in [0.2, 0.25) is 0 Å². The van der Waals surface area contributed by atoms with Crippen LogP contribution in [0.4, 0.5) is 0 Å². The lowest BCUT2D eigenvalue weighted by Crippen LogP contribution is -2.26. The minimum Gasteiger partial charge on any atom is -0.303 e. The second kappa shape index (κ2) is 4.63. The van der Waals surface area contributed by atoms with Gasteiger partial charge in [0.25, 0.3) is 0 Å². The summed E-state index contributed by atoms with van der Waals surface area (Å²) in [6, 6.07) is 3.14. The molecular weight excluding hydrogens is 230 g/mol. The second-order valence-electron chi connectivity index (χ2n) is 4.66. The summed E-state index contributed by atoms with van der Waals surface area (Å²) in [5.41, 5.74) is 2.74. The summed E-state index contributed by atoms with van der Waals surface area (Å²) in [5.74, 6) is 0. The third-order valence-electron chi connectivity index (χ3n) is 3.52. The van der Waals surface area contributed by atoms with Crippen LogP contribution in [-0.4, -0.2) is 10.2 Å². The van der Waals surface area contributed by atoms with Crippen LogP contribution in [-0.2, 0) is 6.42 Å². The number of thiophene rings is 1. The summed E-state index contributed by atoms with van der Waals surface area (Å²) in [5, 5.41) is 12.8. The van der Waals surface area contributed by atoms with Gasteiger partial charge in [-0.25, -0.2) is 0 Å². The number of hydrogen-bond acceptors (Lipinski definition) is 3. The molecule has 0 radical (unpaired) electrons. The quantitative estimate of drug-likeness (QED) is 0.874. The minimum atomic E-state index is 0.351. The number of rotatable bonds is 3. The molecule has 2 aromatic heterocycles. The average molecular weight is 247 g/mol. The standard InChI is InChI=1S/C13H17N3S/c1-9(10-7-14-15-8-10)16-12-3-2-4-13-11(12)5-6-17-13/h5-9,12,16H,2-4H2,1H3,(H,14,15). The highest BCUT2D eigenvalue weighted by Crippen LogP contribution is 2.34. The van der Waals surface area contributed by atoms with Crippen molar-refractivity contribution in [3.63, 3.8) is 0 Å². The molecule has 0 bridgehead atoms. The Balaban J connectivity index is 1.75. The summed E-state index contributed by atoms with van der Waals surface area (Å²) < 4.78 is 0. The molecule has 0 spiro atoms. The van der Waals surface area contributed by atoms with E-state index in [4.69, 9.17) is 0 Å². The van der Waals surface area contributed by atoms with E-state index in [2.05, 4.69) is 33.9 Å². The van der Waals surface area contributed by atoms with E-state index in [-0.39, 0.29) is 0 Å². The molecule has 90 valence electrons. The second-order valence-corrected chi connectivity index (χ2v) is 5.66. The first kappa shape index (κ1) is 11.0. The van der Waals surface area contributed by atoms with Crippen LogP contribution in [0.1, 0.15) is 47.9 Å². The van der Waals surface area contributed by atoms with Crippen molar-refractivity contribution in [2.45, 2.75) is 38.3 Å². The molecular formula is C13H17N3S. The van der Waals surface area contributed by atoms with Gasteiger partial charge in [0.15, 0.2) is 0 Å². The van der Waals surface area contributed by atoms with Crippen molar-refractivity contribution in [1.82, 2.24) is 15.5 Å². The molecule has 0 amide bonds. The first-order valence-corrected chi connectivity index (χ1v) is 7.03. The van der Waals surface area contributed by atoms with Crippen molar-refractivity contribution in [3.8, 4) is 0 Å². The summed E-state index contributed by atoms with van der Waals surface area (Å²) >= 11 is 1.90. The summed E-state index contributed by atoms with van der Waals surface area (Å²) in [6.45, 7) is 2.20. The first-order valence-electron chi connectivity index (χ1n) is 6.15. The topological polar surface area (TPSA) is 40.7 Å². The van der Waals surface area contributed by atoms with Gasteiger partial charge >= 0.3 is 0 Å². The lowest BCUT2D eigenvalue weighted by Gasteiger charge is -2.26. The van der Waals surface area contributed by atoms with Crippen molar-refractivity contribution < 1.29 is 0 Å². The Labute approximate surface area is 105 Å². The van der Waals surface area contributed by atoms with Gasteiger partial charge in [0, 0.05) is 28.7 Å². The molecule has 1 aliphatic rings. The number of aryl methyl sites for hydroxylation is 1. The van der Waals surface area contributed by atoms with E-state index in [1.54, 1.807) is 4.88 Å². The molecule has 1 aliphatic carbocycles. The molecule has 0 aromatic carbocycles. The van der Waals surface area contributed by atoms with Crippen molar-refractivity contribution in [2.24, 2.45) is 0 Å². The number of nitrogens with zero attached hydrogens (tertiary/aromatic N) is 1. The number of aromatic amines is 1. The molecule has 2 heterocycles. The van der Waals surface area contributed by atoms with Gasteiger partial charge < -0.3 is 5.32 Å². The van der Waals surface area contributed by atoms with Crippen LogP contribution in [0, 0.1) is 0 Å². The summed E-state index contributed by atoms with van der Waals surface area (Å²) in [4.78, 5) is 1.56. The van der Waals surface area contributed by atoms with Gasteiger partial charge in [-0.1, -0.05) is 0 Å². The van der Waals surface area contributed by atoms with Crippen molar-refractivity contribution >= 4 is 11.3 Å². The molecule has 3 rings (SSSR count). The zero-order valence-electron chi connectivity index (χ0n) is 9.94. The number of fused-ring (bicyclic) bond motifs is 1. The molecule has 2 aromatic rings. The van der Waals surface area contributed by atoms with E-state index < -0.39 is 0 Å². The van der Waals surface area contributed by atoms with Crippen molar-refractivity contribution in [2.75, 3.05) is 0 Å². The molecule has 3 nitrogen and oxygen atoms in total. The molecule has 0 saturated carbocycles. The van der Waals surface area contributed by atoms with Crippen molar-refractivity contribution in [3.05, 3.63) is 39.8 Å². The molecule has 2 unspecified atom stereocenters. The Morgan fingerprint density at radius 1 is 1.59 bits per heavy atom. The monoisotopic (exact) mass is 247 g/mol. The van der Waals surface area contributed by atoms with Crippen LogP contribution < -0.4 is 5.32 Å². The molecule has 2 N–H and O–H groups in total. The van der Waals surface area contributed by atoms with Gasteiger partial charge in [0.2, 0.25) is 0 Å². The van der Waals surface area contributed by atoms with E-state index >= 15 is 0 Å². The average Bonchev–Trinajstić information content (AvgIpc) is 3.00. The van der Waals surface area contributed by atoms with Crippen LogP contribution in [0.15, 0.2) is 23.8 Å². The summed E-state index contributed by atoms with van der Waals surface area (Å²) in [7, 11) is 0. The Morgan fingerprint density at radius 3 is 3.35 bits per heavy atom. The Morgan fingerprint density at radius 2 is 2.53 bits per heavy atom. The van der Waals surface area contributed by atoms with Gasteiger partial charge in [-0.2, -0.15) is 5.10 Å². The number of nitrogens with one attached hydrogen (secondary N) is 2. The molecule has 0 fully saturated rings. The fourth-order valence-electron chi connectivity index (χ4n) is 2.56. The Kier molecular flexibility index (Phi) is 2.99.